The first kappa shape index (κ1) is 9.46. The summed E-state index contributed by atoms with van der Waals surface area (Å²) >= 11 is 0. The third-order valence-electron chi connectivity index (χ3n) is 2.05. The molecule has 1 rings (SSSR count). The first-order valence-corrected chi connectivity index (χ1v) is 5.61. The zero-order valence-corrected chi connectivity index (χ0v) is 7.35. The van der Waals surface area contributed by atoms with E-state index in [1.54, 1.807) is 6.07 Å². The molecule has 0 amide bonds. The second kappa shape index (κ2) is 3.40. The second-order valence-corrected chi connectivity index (χ2v) is 5.28. The molecular formula is C7H10FNO2S. The Bertz CT molecular complexity index is 293. The fourth-order valence-corrected chi connectivity index (χ4v) is 2.63. The summed E-state index contributed by atoms with van der Waals surface area (Å²) in [5, 5.41) is 8.47. The third kappa shape index (κ3) is 2.18. The predicted octanol–water partition coefficient (Wildman–Crippen LogP) is 0.673. The van der Waals surface area contributed by atoms with Crippen LogP contribution in [0.2, 0.25) is 0 Å². The second-order valence-electron chi connectivity index (χ2n) is 2.98. The number of rotatable bonds is 0. The topological polar surface area (TPSA) is 57.9 Å². The fourth-order valence-electron chi connectivity index (χ4n) is 1.23. The van der Waals surface area contributed by atoms with Gasteiger partial charge in [-0.1, -0.05) is 0 Å². The Kier molecular flexibility index (Phi) is 2.68. The molecule has 1 aliphatic heterocycles. The average Bonchev–Trinajstić information content (AvgIpc) is 2.13. The lowest BCUT2D eigenvalue weighted by Gasteiger charge is -2.06. The van der Waals surface area contributed by atoms with Gasteiger partial charge in [-0.25, -0.2) is 12.8 Å². The lowest BCUT2D eigenvalue weighted by Crippen LogP contribution is -2.12. The summed E-state index contributed by atoms with van der Waals surface area (Å²) in [7, 11) is -3.09. The van der Waals surface area contributed by atoms with Crippen molar-refractivity contribution in [3.8, 4) is 6.07 Å². The van der Waals surface area contributed by atoms with E-state index in [-0.39, 0.29) is 24.3 Å². The van der Waals surface area contributed by atoms with Crippen LogP contribution in [0.4, 0.5) is 4.39 Å². The minimum absolute atomic E-state index is 0.0272. The van der Waals surface area contributed by atoms with Gasteiger partial charge in [0, 0.05) is 0 Å². The van der Waals surface area contributed by atoms with E-state index in [0.29, 0.717) is 0 Å². The van der Waals surface area contributed by atoms with Crippen molar-refractivity contribution in [2.24, 2.45) is 5.92 Å². The fraction of sp³-hybridized carbons (Fsp3) is 0.857. The minimum Gasteiger partial charge on any atom is -0.246 e. The number of halogens is 1. The van der Waals surface area contributed by atoms with Crippen molar-refractivity contribution >= 4 is 9.84 Å². The molecule has 1 aliphatic rings. The van der Waals surface area contributed by atoms with Gasteiger partial charge in [-0.2, -0.15) is 5.26 Å². The molecule has 1 heterocycles. The highest BCUT2D eigenvalue weighted by molar-refractivity contribution is 7.91. The van der Waals surface area contributed by atoms with Crippen LogP contribution in [0.25, 0.3) is 0 Å². The Morgan fingerprint density at radius 1 is 1.33 bits per heavy atom. The van der Waals surface area contributed by atoms with Gasteiger partial charge in [0.05, 0.1) is 23.5 Å². The Morgan fingerprint density at radius 3 is 2.50 bits per heavy atom. The summed E-state index contributed by atoms with van der Waals surface area (Å²) in [6.07, 6.45) is -1.16. The monoisotopic (exact) mass is 191 g/mol. The van der Waals surface area contributed by atoms with E-state index in [1.807, 2.05) is 0 Å². The molecule has 0 aromatic carbocycles. The summed E-state index contributed by atoms with van der Waals surface area (Å²) in [5.74, 6) is -0.903. The number of sulfone groups is 1. The molecule has 5 heteroatoms. The maximum Gasteiger partial charge on any atom is 0.150 e. The molecule has 0 radical (unpaired) electrons. The van der Waals surface area contributed by atoms with E-state index in [1.165, 1.54) is 0 Å². The molecule has 0 bridgehead atoms. The maximum absolute atomic E-state index is 13.0. The SMILES string of the molecule is N#C[C@@H]1CCS(=O)(=O)CC[C@H]1F. The zero-order valence-electron chi connectivity index (χ0n) is 6.53. The van der Waals surface area contributed by atoms with E-state index < -0.39 is 21.9 Å². The lowest BCUT2D eigenvalue weighted by atomic mass is 10.0. The van der Waals surface area contributed by atoms with Gasteiger partial charge in [-0.15, -0.1) is 0 Å². The van der Waals surface area contributed by atoms with Crippen molar-refractivity contribution in [3.63, 3.8) is 0 Å². The minimum atomic E-state index is -3.09. The van der Waals surface area contributed by atoms with E-state index in [2.05, 4.69) is 0 Å². The Balaban J connectivity index is 2.73. The smallest absolute Gasteiger partial charge is 0.150 e. The van der Waals surface area contributed by atoms with Crippen LogP contribution >= 0.6 is 0 Å². The molecule has 0 spiro atoms. The Morgan fingerprint density at radius 2 is 1.92 bits per heavy atom. The van der Waals surface area contributed by atoms with Gasteiger partial charge in [0.2, 0.25) is 0 Å². The summed E-state index contributed by atoms with van der Waals surface area (Å²) in [6.45, 7) is 0. The molecule has 3 nitrogen and oxygen atoms in total. The van der Waals surface area contributed by atoms with Gasteiger partial charge in [0.15, 0.2) is 0 Å². The van der Waals surface area contributed by atoms with Crippen molar-refractivity contribution in [2.45, 2.75) is 19.0 Å². The quantitative estimate of drug-likeness (QED) is 0.565. The zero-order chi connectivity index (χ0) is 9.19. The van der Waals surface area contributed by atoms with E-state index in [4.69, 9.17) is 5.26 Å². The Labute approximate surface area is 71.1 Å². The van der Waals surface area contributed by atoms with Crippen LogP contribution in [0.5, 0.6) is 0 Å². The largest absolute Gasteiger partial charge is 0.246 e. The highest BCUT2D eigenvalue weighted by Crippen LogP contribution is 2.21. The standard InChI is InChI=1S/C7H10FNO2S/c8-7-2-4-12(10,11)3-1-6(7)5-9/h6-7H,1-4H2/t6-,7+/m0/s1. The highest BCUT2D eigenvalue weighted by atomic mass is 32.2. The van der Waals surface area contributed by atoms with E-state index in [9.17, 15) is 12.8 Å². The first-order valence-electron chi connectivity index (χ1n) is 3.79. The molecule has 0 aliphatic carbocycles. The summed E-state index contributed by atoms with van der Waals surface area (Å²) in [6, 6.07) is 1.79. The highest BCUT2D eigenvalue weighted by Gasteiger charge is 2.28. The Hall–Kier alpha value is -0.630. The van der Waals surface area contributed by atoms with E-state index in [0.717, 1.165) is 0 Å². The average molecular weight is 191 g/mol. The number of alkyl halides is 1. The molecule has 0 unspecified atom stereocenters. The predicted molar refractivity (Wildman–Crippen MR) is 41.9 cm³/mol. The molecule has 12 heavy (non-hydrogen) atoms. The van der Waals surface area contributed by atoms with Crippen LogP contribution in [-0.4, -0.2) is 26.1 Å². The molecule has 0 aromatic heterocycles. The molecule has 2 atom stereocenters. The molecule has 0 saturated carbocycles. The summed E-state index contributed by atoms with van der Waals surface area (Å²) in [5.41, 5.74) is 0. The third-order valence-corrected chi connectivity index (χ3v) is 3.76. The number of hydrogen-bond donors (Lipinski definition) is 0. The lowest BCUT2D eigenvalue weighted by molar-refractivity contribution is 0.261. The van der Waals surface area contributed by atoms with Gasteiger partial charge in [-0.3, -0.25) is 0 Å². The van der Waals surface area contributed by atoms with Crippen molar-refractivity contribution in [1.82, 2.24) is 0 Å². The van der Waals surface area contributed by atoms with Crippen LogP contribution in [0.15, 0.2) is 0 Å². The van der Waals surface area contributed by atoms with Crippen molar-refractivity contribution in [3.05, 3.63) is 0 Å². The summed E-state index contributed by atoms with van der Waals surface area (Å²) in [4.78, 5) is 0. The van der Waals surface area contributed by atoms with Crippen molar-refractivity contribution in [1.29, 1.82) is 5.26 Å². The van der Waals surface area contributed by atoms with Crippen LogP contribution in [0.1, 0.15) is 12.8 Å². The van der Waals surface area contributed by atoms with Crippen LogP contribution in [0.3, 0.4) is 0 Å². The van der Waals surface area contributed by atoms with E-state index >= 15 is 0 Å². The molecule has 0 aromatic rings. The van der Waals surface area contributed by atoms with Crippen LogP contribution in [0, 0.1) is 17.2 Å². The molecule has 0 N–H and O–H groups in total. The number of hydrogen-bond acceptors (Lipinski definition) is 3. The van der Waals surface area contributed by atoms with Crippen molar-refractivity contribution < 1.29 is 12.8 Å². The number of nitrogens with zero attached hydrogens (tertiary/aromatic N) is 1. The normalized spacial score (nSPS) is 35.0. The molecular weight excluding hydrogens is 181 g/mol. The number of nitriles is 1. The van der Waals surface area contributed by atoms with Crippen LogP contribution in [-0.2, 0) is 9.84 Å². The first-order chi connectivity index (χ1) is 5.55. The molecule has 68 valence electrons. The van der Waals surface area contributed by atoms with Gasteiger partial charge < -0.3 is 0 Å². The van der Waals surface area contributed by atoms with Gasteiger partial charge >= 0.3 is 0 Å². The summed E-state index contributed by atoms with van der Waals surface area (Å²) < 4.78 is 35.0. The molecule has 1 saturated heterocycles. The molecule has 1 fully saturated rings. The maximum atomic E-state index is 13.0. The van der Waals surface area contributed by atoms with Crippen molar-refractivity contribution in [2.75, 3.05) is 11.5 Å². The van der Waals surface area contributed by atoms with Gasteiger partial charge in [0.25, 0.3) is 0 Å². The van der Waals surface area contributed by atoms with Gasteiger partial charge in [0.1, 0.15) is 16.0 Å². The van der Waals surface area contributed by atoms with Gasteiger partial charge in [-0.05, 0) is 12.8 Å². The van der Waals surface area contributed by atoms with Crippen LogP contribution < -0.4 is 0 Å².